The standard InChI is InChI=1S/C23H20ClFN4O2S/c1-13-26-18-10-20(29-6-7-31-19(11-29)14-5-8-32-12-14)27-22(21(18)23(30)28(13)2)16-4-3-15(24)9-17(16)25/h3-5,8-10,12,19H,6-7,11H2,1-2H3/t19-/m1/s1. The third kappa shape index (κ3) is 3.68. The zero-order valence-electron chi connectivity index (χ0n) is 17.5. The summed E-state index contributed by atoms with van der Waals surface area (Å²) in [5, 5.41) is 4.66. The number of benzene rings is 1. The number of aryl methyl sites for hydroxylation is 1. The van der Waals surface area contributed by atoms with Gasteiger partial charge >= 0.3 is 0 Å². The lowest BCUT2D eigenvalue weighted by molar-refractivity contribution is 0.0398. The maximum atomic E-state index is 14.9. The largest absolute Gasteiger partial charge is 0.370 e. The average Bonchev–Trinajstić information content (AvgIpc) is 3.32. The van der Waals surface area contributed by atoms with Gasteiger partial charge in [-0.3, -0.25) is 9.36 Å². The minimum absolute atomic E-state index is 0.0819. The smallest absolute Gasteiger partial charge is 0.263 e. The summed E-state index contributed by atoms with van der Waals surface area (Å²) in [6.07, 6.45) is -0.0819. The lowest BCUT2D eigenvalue weighted by Crippen LogP contribution is -2.39. The van der Waals surface area contributed by atoms with Crippen molar-refractivity contribution in [3.8, 4) is 11.3 Å². The van der Waals surface area contributed by atoms with Gasteiger partial charge in [-0.05, 0) is 47.5 Å². The van der Waals surface area contributed by atoms with E-state index in [-0.39, 0.29) is 33.3 Å². The average molecular weight is 471 g/mol. The molecule has 164 valence electrons. The van der Waals surface area contributed by atoms with E-state index < -0.39 is 5.82 Å². The summed E-state index contributed by atoms with van der Waals surface area (Å²) in [7, 11) is 1.65. The van der Waals surface area contributed by atoms with E-state index in [0.29, 0.717) is 36.9 Å². The molecule has 1 fully saturated rings. The van der Waals surface area contributed by atoms with Crippen molar-refractivity contribution in [1.29, 1.82) is 0 Å². The molecule has 0 N–H and O–H groups in total. The third-order valence-electron chi connectivity index (χ3n) is 5.76. The number of ether oxygens (including phenoxy) is 1. The van der Waals surface area contributed by atoms with Gasteiger partial charge in [0, 0.05) is 36.8 Å². The van der Waals surface area contributed by atoms with Gasteiger partial charge in [-0.2, -0.15) is 11.3 Å². The van der Waals surface area contributed by atoms with Crippen molar-refractivity contribution in [3.63, 3.8) is 0 Å². The first-order chi connectivity index (χ1) is 15.4. The topological polar surface area (TPSA) is 60.2 Å². The van der Waals surface area contributed by atoms with Crippen LogP contribution in [0.15, 0.2) is 45.9 Å². The monoisotopic (exact) mass is 470 g/mol. The lowest BCUT2D eigenvalue weighted by atomic mass is 10.1. The van der Waals surface area contributed by atoms with Crippen molar-refractivity contribution in [3.05, 3.63) is 73.7 Å². The molecule has 0 bridgehead atoms. The van der Waals surface area contributed by atoms with Crippen LogP contribution in [0, 0.1) is 12.7 Å². The Morgan fingerprint density at radius 2 is 2.09 bits per heavy atom. The van der Waals surface area contributed by atoms with Crippen LogP contribution in [0.25, 0.3) is 22.2 Å². The first-order valence-electron chi connectivity index (χ1n) is 10.1. The van der Waals surface area contributed by atoms with E-state index in [9.17, 15) is 9.18 Å². The second-order valence-corrected chi connectivity index (χ2v) is 8.95. The van der Waals surface area contributed by atoms with Gasteiger partial charge in [0.15, 0.2) is 0 Å². The van der Waals surface area contributed by atoms with Crippen molar-refractivity contribution < 1.29 is 9.13 Å². The first-order valence-corrected chi connectivity index (χ1v) is 11.5. The Hall–Kier alpha value is -2.81. The van der Waals surface area contributed by atoms with Crippen LogP contribution in [-0.2, 0) is 11.8 Å². The molecule has 1 saturated heterocycles. The molecule has 1 aromatic carbocycles. The Bertz CT molecular complexity index is 1370. The molecule has 0 spiro atoms. The molecule has 3 aromatic heterocycles. The summed E-state index contributed by atoms with van der Waals surface area (Å²) >= 11 is 7.58. The van der Waals surface area contributed by atoms with Gasteiger partial charge in [-0.25, -0.2) is 14.4 Å². The van der Waals surface area contributed by atoms with Gasteiger partial charge in [0.1, 0.15) is 23.6 Å². The van der Waals surface area contributed by atoms with Gasteiger partial charge in [0.2, 0.25) is 0 Å². The van der Waals surface area contributed by atoms with E-state index >= 15 is 0 Å². The van der Waals surface area contributed by atoms with E-state index in [4.69, 9.17) is 21.3 Å². The number of hydrogen-bond acceptors (Lipinski definition) is 6. The van der Waals surface area contributed by atoms with Crippen molar-refractivity contribution in [2.45, 2.75) is 13.0 Å². The van der Waals surface area contributed by atoms with Crippen LogP contribution in [0.2, 0.25) is 5.02 Å². The van der Waals surface area contributed by atoms with Crippen LogP contribution < -0.4 is 10.5 Å². The Morgan fingerprint density at radius 1 is 1.25 bits per heavy atom. The summed E-state index contributed by atoms with van der Waals surface area (Å²) in [5.41, 5.74) is 1.81. The molecule has 32 heavy (non-hydrogen) atoms. The molecule has 1 atom stereocenters. The van der Waals surface area contributed by atoms with E-state index in [1.807, 2.05) is 5.38 Å². The number of thiophene rings is 1. The molecule has 1 aliphatic heterocycles. The zero-order chi connectivity index (χ0) is 22.4. The molecular weight excluding hydrogens is 451 g/mol. The van der Waals surface area contributed by atoms with Gasteiger partial charge < -0.3 is 9.64 Å². The summed E-state index contributed by atoms with van der Waals surface area (Å²) in [4.78, 5) is 24.6. The highest BCUT2D eigenvalue weighted by Gasteiger charge is 2.26. The Labute approximate surface area is 192 Å². The minimum Gasteiger partial charge on any atom is -0.370 e. The van der Waals surface area contributed by atoms with E-state index in [1.54, 1.807) is 43.5 Å². The summed E-state index contributed by atoms with van der Waals surface area (Å²) in [6.45, 7) is 3.53. The van der Waals surface area contributed by atoms with Crippen LogP contribution in [-0.4, -0.2) is 34.2 Å². The summed E-state index contributed by atoms with van der Waals surface area (Å²) in [6, 6.07) is 8.22. The predicted molar refractivity (Wildman–Crippen MR) is 125 cm³/mol. The van der Waals surface area contributed by atoms with E-state index in [0.717, 1.165) is 5.56 Å². The number of rotatable bonds is 3. The molecule has 0 unspecified atom stereocenters. The highest BCUT2D eigenvalue weighted by molar-refractivity contribution is 7.07. The normalized spacial score (nSPS) is 16.6. The second kappa shape index (κ2) is 8.27. The fraction of sp³-hybridized carbons (Fsp3) is 0.261. The van der Waals surface area contributed by atoms with Crippen molar-refractivity contribution in [1.82, 2.24) is 14.5 Å². The van der Waals surface area contributed by atoms with E-state index in [2.05, 4.69) is 21.3 Å². The number of nitrogens with zero attached hydrogens (tertiary/aromatic N) is 4. The number of pyridine rings is 1. The highest BCUT2D eigenvalue weighted by Crippen LogP contribution is 2.33. The molecule has 0 saturated carbocycles. The third-order valence-corrected chi connectivity index (χ3v) is 6.70. The molecule has 4 heterocycles. The number of halogens is 2. The predicted octanol–water partition coefficient (Wildman–Crippen LogP) is 4.74. The summed E-state index contributed by atoms with van der Waals surface area (Å²) in [5.74, 6) is 0.662. The molecule has 0 aliphatic carbocycles. The molecule has 9 heteroatoms. The number of aromatic nitrogens is 3. The Balaban J connectivity index is 1.69. The molecule has 1 aliphatic rings. The van der Waals surface area contributed by atoms with Crippen LogP contribution in [0.4, 0.5) is 10.2 Å². The van der Waals surface area contributed by atoms with E-state index in [1.165, 1.54) is 10.6 Å². The van der Waals surface area contributed by atoms with Crippen LogP contribution in [0.5, 0.6) is 0 Å². The van der Waals surface area contributed by atoms with Crippen LogP contribution in [0.3, 0.4) is 0 Å². The van der Waals surface area contributed by atoms with Crippen LogP contribution in [0.1, 0.15) is 17.5 Å². The highest BCUT2D eigenvalue weighted by atomic mass is 35.5. The SMILES string of the molecule is Cc1nc2cc(N3CCO[C@@H](c4ccsc4)C3)nc(-c3ccc(Cl)cc3F)c2c(=O)n1C. The maximum absolute atomic E-state index is 14.9. The fourth-order valence-corrected chi connectivity index (χ4v) is 4.80. The van der Waals surface area contributed by atoms with Gasteiger partial charge in [-0.15, -0.1) is 0 Å². The van der Waals surface area contributed by atoms with Crippen molar-refractivity contribution >= 4 is 39.7 Å². The quantitative estimate of drug-likeness (QED) is 0.433. The molecule has 4 aromatic rings. The number of fused-ring (bicyclic) bond motifs is 1. The second-order valence-electron chi connectivity index (χ2n) is 7.73. The lowest BCUT2D eigenvalue weighted by Gasteiger charge is -2.34. The molecule has 6 nitrogen and oxygen atoms in total. The number of hydrogen-bond donors (Lipinski definition) is 0. The fourth-order valence-electron chi connectivity index (χ4n) is 3.94. The van der Waals surface area contributed by atoms with Crippen molar-refractivity contribution in [2.24, 2.45) is 7.05 Å². The maximum Gasteiger partial charge on any atom is 0.263 e. The molecule has 0 amide bonds. The van der Waals surface area contributed by atoms with Gasteiger partial charge in [-0.1, -0.05) is 11.6 Å². The van der Waals surface area contributed by atoms with Gasteiger partial charge in [0.25, 0.3) is 5.56 Å². The summed E-state index contributed by atoms with van der Waals surface area (Å²) < 4.78 is 22.3. The first kappa shape index (κ1) is 21.1. The molecule has 0 radical (unpaired) electrons. The zero-order valence-corrected chi connectivity index (χ0v) is 19.1. The van der Waals surface area contributed by atoms with Gasteiger partial charge in [0.05, 0.1) is 23.2 Å². The van der Waals surface area contributed by atoms with Crippen molar-refractivity contribution in [2.75, 3.05) is 24.6 Å². The number of morpholine rings is 1. The Morgan fingerprint density at radius 3 is 2.84 bits per heavy atom. The number of anilines is 1. The molecule has 5 rings (SSSR count). The minimum atomic E-state index is -0.538. The Kier molecular flexibility index (Phi) is 5.44. The molecular formula is C23H20ClFN4O2S. The van der Waals surface area contributed by atoms with Crippen LogP contribution >= 0.6 is 22.9 Å².